The summed E-state index contributed by atoms with van der Waals surface area (Å²) in [7, 11) is 0. The second-order valence-electron chi connectivity index (χ2n) is 5.81. The van der Waals surface area contributed by atoms with Gasteiger partial charge in [0.25, 0.3) is 0 Å². The first kappa shape index (κ1) is 14.6. The lowest BCUT2D eigenvalue weighted by molar-refractivity contribution is 0.219. The fourth-order valence-corrected chi connectivity index (χ4v) is 3.25. The van der Waals surface area contributed by atoms with Crippen LogP contribution in [0.3, 0.4) is 0 Å². The average Bonchev–Trinajstić information content (AvgIpc) is 3.01. The Morgan fingerprint density at radius 1 is 1.33 bits per heavy atom. The maximum absolute atomic E-state index is 6.29. The largest absolute Gasteiger partial charge is 0.444 e. The molecule has 21 heavy (non-hydrogen) atoms. The maximum atomic E-state index is 6.29. The van der Waals surface area contributed by atoms with Gasteiger partial charge in [0, 0.05) is 11.1 Å². The topological polar surface area (TPSA) is 29.3 Å². The van der Waals surface area contributed by atoms with Crippen LogP contribution in [0.1, 0.15) is 35.7 Å². The van der Waals surface area contributed by atoms with Gasteiger partial charge >= 0.3 is 0 Å². The van der Waals surface area contributed by atoms with Crippen molar-refractivity contribution in [3.63, 3.8) is 0 Å². The van der Waals surface area contributed by atoms with Crippen molar-refractivity contribution in [2.75, 3.05) is 6.54 Å². The number of aryl methyl sites for hydroxylation is 2. The molecule has 2 aromatic rings. The molecule has 1 saturated heterocycles. The minimum Gasteiger partial charge on any atom is -0.444 e. The van der Waals surface area contributed by atoms with Gasteiger partial charge in [0.15, 0.2) is 0 Å². The van der Waals surface area contributed by atoms with Crippen molar-refractivity contribution in [1.29, 1.82) is 0 Å². The van der Waals surface area contributed by atoms with Crippen LogP contribution >= 0.6 is 11.6 Å². The van der Waals surface area contributed by atoms with Crippen LogP contribution < -0.4 is 0 Å². The van der Waals surface area contributed by atoms with Crippen molar-refractivity contribution < 1.29 is 4.42 Å². The van der Waals surface area contributed by atoms with E-state index in [9.17, 15) is 0 Å². The van der Waals surface area contributed by atoms with E-state index in [0.29, 0.717) is 6.04 Å². The standard InChI is InChI=1S/C17H21ClN2O/c1-12-13(2)21-17(19-12)11-20-9-5-7-15(20)10-14-6-3-4-8-16(14)18/h3-4,6,8,15H,5,7,9-11H2,1-2H3/t15-/m1/s1. The molecule has 1 atom stereocenters. The molecule has 3 rings (SSSR count). The molecule has 112 valence electrons. The molecular weight excluding hydrogens is 284 g/mol. The van der Waals surface area contributed by atoms with Gasteiger partial charge in [-0.25, -0.2) is 4.98 Å². The summed E-state index contributed by atoms with van der Waals surface area (Å²) < 4.78 is 5.72. The lowest BCUT2D eigenvalue weighted by Gasteiger charge is -2.23. The van der Waals surface area contributed by atoms with E-state index in [-0.39, 0.29) is 0 Å². The Kier molecular flexibility index (Phi) is 4.32. The summed E-state index contributed by atoms with van der Waals surface area (Å²) in [6, 6.07) is 8.66. The third kappa shape index (κ3) is 3.30. The predicted molar refractivity (Wildman–Crippen MR) is 84.6 cm³/mol. The molecule has 4 heteroatoms. The summed E-state index contributed by atoms with van der Waals surface area (Å²) in [5.74, 6) is 1.75. The van der Waals surface area contributed by atoms with E-state index >= 15 is 0 Å². The van der Waals surface area contributed by atoms with Crippen LogP contribution in [0.15, 0.2) is 28.7 Å². The van der Waals surface area contributed by atoms with Gasteiger partial charge in [0.05, 0.1) is 12.2 Å². The molecule has 1 aliphatic heterocycles. The Morgan fingerprint density at radius 2 is 2.14 bits per heavy atom. The molecule has 0 saturated carbocycles. The molecule has 1 aliphatic rings. The second kappa shape index (κ2) is 6.20. The summed E-state index contributed by atoms with van der Waals surface area (Å²) in [4.78, 5) is 6.96. The van der Waals surface area contributed by atoms with Crippen LogP contribution in [0.4, 0.5) is 0 Å². The second-order valence-corrected chi connectivity index (χ2v) is 6.22. The smallest absolute Gasteiger partial charge is 0.208 e. The zero-order valence-corrected chi connectivity index (χ0v) is 13.4. The van der Waals surface area contributed by atoms with Crippen molar-refractivity contribution in [3.8, 4) is 0 Å². The normalized spacial score (nSPS) is 19.3. The van der Waals surface area contributed by atoms with Crippen molar-refractivity contribution in [3.05, 3.63) is 52.2 Å². The summed E-state index contributed by atoms with van der Waals surface area (Å²) in [6.07, 6.45) is 3.44. The number of halogens is 1. The van der Waals surface area contributed by atoms with E-state index in [2.05, 4.69) is 22.0 Å². The molecule has 1 fully saturated rings. The molecule has 0 aliphatic carbocycles. The average molecular weight is 305 g/mol. The number of aromatic nitrogens is 1. The van der Waals surface area contributed by atoms with Crippen molar-refractivity contribution in [2.45, 2.75) is 45.7 Å². The van der Waals surface area contributed by atoms with E-state index < -0.39 is 0 Å². The summed E-state index contributed by atoms with van der Waals surface area (Å²) in [5, 5.41) is 0.868. The third-order valence-corrected chi connectivity index (χ3v) is 4.69. The van der Waals surface area contributed by atoms with E-state index in [4.69, 9.17) is 16.0 Å². The Labute approximate surface area is 130 Å². The van der Waals surface area contributed by atoms with Crippen LogP contribution in [0.5, 0.6) is 0 Å². The number of benzene rings is 1. The van der Waals surface area contributed by atoms with Crippen molar-refractivity contribution in [2.24, 2.45) is 0 Å². The van der Waals surface area contributed by atoms with Gasteiger partial charge in [0.1, 0.15) is 5.76 Å². The highest BCUT2D eigenvalue weighted by atomic mass is 35.5. The Balaban J connectivity index is 1.69. The molecule has 0 unspecified atom stereocenters. The highest BCUT2D eigenvalue weighted by molar-refractivity contribution is 6.31. The number of likely N-dealkylation sites (tertiary alicyclic amines) is 1. The number of hydrogen-bond acceptors (Lipinski definition) is 3. The molecule has 3 nitrogen and oxygen atoms in total. The Bertz CT molecular complexity index is 604. The number of hydrogen-bond donors (Lipinski definition) is 0. The Hall–Kier alpha value is -1.32. The lowest BCUT2D eigenvalue weighted by atomic mass is 10.0. The van der Waals surface area contributed by atoms with Crippen molar-refractivity contribution >= 4 is 11.6 Å². The van der Waals surface area contributed by atoms with E-state index in [1.807, 2.05) is 26.0 Å². The van der Waals surface area contributed by atoms with Crippen LogP contribution in [0.2, 0.25) is 5.02 Å². The van der Waals surface area contributed by atoms with Crippen LogP contribution in [-0.4, -0.2) is 22.5 Å². The fraction of sp³-hybridized carbons (Fsp3) is 0.471. The molecular formula is C17H21ClN2O. The first-order chi connectivity index (χ1) is 10.1. The van der Waals surface area contributed by atoms with Gasteiger partial charge in [-0.3, -0.25) is 4.90 Å². The number of nitrogens with zero attached hydrogens (tertiary/aromatic N) is 2. The highest BCUT2D eigenvalue weighted by Crippen LogP contribution is 2.26. The predicted octanol–water partition coefficient (Wildman–Crippen LogP) is 4.15. The maximum Gasteiger partial charge on any atom is 0.208 e. The first-order valence-electron chi connectivity index (χ1n) is 7.54. The molecule has 0 bridgehead atoms. The molecule has 2 heterocycles. The molecule has 0 spiro atoms. The first-order valence-corrected chi connectivity index (χ1v) is 7.91. The Morgan fingerprint density at radius 3 is 2.86 bits per heavy atom. The van der Waals surface area contributed by atoms with Crippen LogP contribution in [0, 0.1) is 13.8 Å². The van der Waals surface area contributed by atoms with Crippen LogP contribution in [0.25, 0.3) is 0 Å². The summed E-state index contributed by atoms with van der Waals surface area (Å²) >= 11 is 6.29. The minimum atomic E-state index is 0.525. The number of oxazole rings is 1. The van der Waals surface area contributed by atoms with E-state index in [1.54, 1.807) is 0 Å². The zero-order valence-electron chi connectivity index (χ0n) is 12.6. The monoisotopic (exact) mass is 304 g/mol. The SMILES string of the molecule is Cc1nc(CN2CCC[C@@H]2Cc2ccccc2Cl)oc1C. The number of rotatable bonds is 4. The lowest BCUT2D eigenvalue weighted by Crippen LogP contribution is -2.30. The van der Waals surface area contributed by atoms with E-state index in [1.165, 1.54) is 18.4 Å². The van der Waals surface area contributed by atoms with Crippen molar-refractivity contribution in [1.82, 2.24) is 9.88 Å². The van der Waals surface area contributed by atoms with Gasteiger partial charge in [0.2, 0.25) is 5.89 Å². The molecule has 0 N–H and O–H groups in total. The van der Waals surface area contributed by atoms with Gasteiger partial charge in [-0.05, 0) is 51.3 Å². The van der Waals surface area contributed by atoms with E-state index in [0.717, 1.165) is 41.9 Å². The molecule has 0 amide bonds. The van der Waals surface area contributed by atoms with Crippen LogP contribution in [-0.2, 0) is 13.0 Å². The zero-order chi connectivity index (χ0) is 14.8. The van der Waals surface area contributed by atoms with Gasteiger partial charge in [-0.15, -0.1) is 0 Å². The molecule has 0 radical (unpaired) electrons. The van der Waals surface area contributed by atoms with Gasteiger partial charge in [-0.2, -0.15) is 0 Å². The fourth-order valence-electron chi connectivity index (χ4n) is 3.03. The third-order valence-electron chi connectivity index (χ3n) is 4.32. The van der Waals surface area contributed by atoms with Gasteiger partial charge in [-0.1, -0.05) is 29.8 Å². The quantitative estimate of drug-likeness (QED) is 0.849. The molecule has 1 aromatic heterocycles. The van der Waals surface area contributed by atoms with Gasteiger partial charge < -0.3 is 4.42 Å². The molecule has 1 aromatic carbocycles. The summed E-state index contributed by atoms with van der Waals surface area (Å²) in [6.45, 7) is 5.87. The summed E-state index contributed by atoms with van der Waals surface area (Å²) in [5.41, 5.74) is 2.22. The minimum absolute atomic E-state index is 0.525. The highest BCUT2D eigenvalue weighted by Gasteiger charge is 2.26.